The first-order valence-corrected chi connectivity index (χ1v) is 6.26. The summed E-state index contributed by atoms with van der Waals surface area (Å²) in [4.78, 5) is 0. The molecule has 0 amide bonds. The molecule has 1 aliphatic rings. The van der Waals surface area contributed by atoms with Gasteiger partial charge in [0.15, 0.2) is 0 Å². The highest BCUT2D eigenvalue weighted by molar-refractivity contribution is 9.10. The van der Waals surface area contributed by atoms with Crippen molar-refractivity contribution in [3.05, 3.63) is 28.2 Å². The molecule has 0 aromatic heterocycles. The summed E-state index contributed by atoms with van der Waals surface area (Å²) in [6, 6.07) is 5.88. The van der Waals surface area contributed by atoms with E-state index in [1.807, 2.05) is 18.2 Å². The summed E-state index contributed by atoms with van der Waals surface area (Å²) in [7, 11) is 1.63. The molecule has 2 unspecified atom stereocenters. The highest BCUT2D eigenvalue weighted by Crippen LogP contribution is 2.30. The maximum absolute atomic E-state index is 10.2. The highest BCUT2D eigenvalue weighted by Gasteiger charge is 2.24. The molecule has 1 fully saturated rings. The van der Waals surface area contributed by atoms with Gasteiger partial charge in [-0.1, -0.05) is 6.07 Å². The first kappa shape index (κ1) is 11.9. The van der Waals surface area contributed by atoms with Gasteiger partial charge in [-0.05, 0) is 53.0 Å². The number of methoxy groups -OCH3 is 1. The standard InChI is InChI=1S/C12H16BrNO2/c1-16-11-5-4-8(7-9(11)13)12(15)10-3-2-6-14-10/h4-5,7,10,12,14-15H,2-3,6H2,1H3. The lowest BCUT2D eigenvalue weighted by Crippen LogP contribution is -2.28. The van der Waals surface area contributed by atoms with Crippen molar-refractivity contribution < 1.29 is 9.84 Å². The normalized spacial score (nSPS) is 22.1. The van der Waals surface area contributed by atoms with Crippen molar-refractivity contribution in [1.82, 2.24) is 5.32 Å². The fourth-order valence-corrected chi connectivity index (χ4v) is 2.64. The Balaban J connectivity index is 2.16. The van der Waals surface area contributed by atoms with E-state index in [1.54, 1.807) is 7.11 Å². The van der Waals surface area contributed by atoms with Crippen LogP contribution in [0.25, 0.3) is 0 Å². The third-order valence-corrected chi connectivity index (χ3v) is 3.62. The predicted molar refractivity (Wildman–Crippen MR) is 66.7 cm³/mol. The van der Waals surface area contributed by atoms with E-state index in [4.69, 9.17) is 4.74 Å². The Morgan fingerprint density at radius 2 is 2.38 bits per heavy atom. The number of halogens is 1. The summed E-state index contributed by atoms with van der Waals surface area (Å²) in [5, 5.41) is 13.5. The number of rotatable bonds is 3. The Morgan fingerprint density at radius 3 is 2.94 bits per heavy atom. The fraction of sp³-hybridized carbons (Fsp3) is 0.500. The van der Waals surface area contributed by atoms with Gasteiger partial charge >= 0.3 is 0 Å². The van der Waals surface area contributed by atoms with E-state index in [1.165, 1.54) is 0 Å². The van der Waals surface area contributed by atoms with Crippen molar-refractivity contribution in [2.75, 3.05) is 13.7 Å². The van der Waals surface area contributed by atoms with Crippen LogP contribution in [0.2, 0.25) is 0 Å². The smallest absolute Gasteiger partial charge is 0.133 e. The third kappa shape index (κ3) is 2.39. The molecule has 2 N–H and O–H groups in total. The molecule has 1 aliphatic heterocycles. The first-order valence-electron chi connectivity index (χ1n) is 5.47. The van der Waals surface area contributed by atoms with Crippen molar-refractivity contribution in [1.29, 1.82) is 0 Å². The lowest BCUT2D eigenvalue weighted by atomic mass is 10.0. The largest absolute Gasteiger partial charge is 0.496 e. The number of hydrogen-bond donors (Lipinski definition) is 2. The Kier molecular flexibility index (Phi) is 3.84. The van der Waals surface area contributed by atoms with Crippen LogP contribution < -0.4 is 10.1 Å². The van der Waals surface area contributed by atoms with Gasteiger partial charge in [-0.3, -0.25) is 0 Å². The van der Waals surface area contributed by atoms with Crippen molar-refractivity contribution in [3.63, 3.8) is 0 Å². The average Bonchev–Trinajstić information content (AvgIpc) is 2.81. The van der Waals surface area contributed by atoms with Gasteiger partial charge in [-0.15, -0.1) is 0 Å². The molecule has 1 aromatic carbocycles. The van der Waals surface area contributed by atoms with Gasteiger partial charge < -0.3 is 15.2 Å². The first-order chi connectivity index (χ1) is 7.72. The van der Waals surface area contributed by atoms with Crippen molar-refractivity contribution in [2.24, 2.45) is 0 Å². The van der Waals surface area contributed by atoms with E-state index in [-0.39, 0.29) is 6.04 Å². The van der Waals surface area contributed by atoms with Gasteiger partial charge in [0, 0.05) is 6.04 Å². The summed E-state index contributed by atoms with van der Waals surface area (Å²) in [5.41, 5.74) is 0.923. The Labute approximate surface area is 104 Å². The molecular formula is C12H16BrNO2. The predicted octanol–water partition coefficient (Wildman–Crippen LogP) is 2.24. The van der Waals surface area contributed by atoms with Crippen LogP contribution in [0.3, 0.4) is 0 Å². The lowest BCUT2D eigenvalue weighted by molar-refractivity contribution is 0.137. The molecule has 0 spiro atoms. The highest BCUT2D eigenvalue weighted by atomic mass is 79.9. The van der Waals surface area contributed by atoms with Gasteiger partial charge in [-0.25, -0.2) is 0 Å². The van der Waals surface area contributed by atoms with Gasteiger partial charge in [0.1, 0.15) is 5.75 Å². The van der Waals surface area contributed by atoms with Crippen molar-refractivity contribution in [3.8, 4) is 5.75 Å². The zero-order valence-corrected chi connectivity index (χ0v) is 10.8. The maximum atomic E-state index is 10.2. The molecule has 1 aromatic rings. The minimum Gasteiger partial charge on any atom is -0.496 e. The summed E-state index contributed by atoms with van der Waals surface area (Å²) >= 11 is 3.43. The fourth-order valence-electron chi connectivity index (χ4n) is 2.08. The average molecular weight is 286 g/mol. The van der Waals surface area contributed by atoms with E-state index < -0.39 is 6.10 Å². The van der Waals surface area contributed by atoms with Gasteiger partial charge in [-0.2, -0.15) is 0 Å². The molecule has 0 bridgehead atoms. The van der Waals surface area contributed by atoms with Crippen LogP contribution in [-0.2, 0) is 0 Å². The van der Waals surface area contributed by atoms with E-state index in [2.05, 4.69) is 21.2 Å². The summed E-state index contributed by atoms with van der Waals surface area (Å²) < 4.78 is 6.04. The van der Waals surface area contributed by atoms with Crippen LogP contribution >= 0.6 is 15.9 Å². The SMILES string of the molecule is COc1ccc(C(O)C2CCCN2)cc1Br. The number of hydrogen-bond acceptors (Lipinski definition) is 3. The van der Waals surface area contributed by atoms with Gasteiger partial charge in [0.2, 0.25) is 0 Å². The second-order valence-electron chi connectivity index (χ2n) is 4.04. The van der Waals surface area contributed by atoms with Gasteiger partial charge in [0.25, 0.3) is 0 Å². The molecular weight excluding hydrogens is 270 g/mol. The van der Waals surface area contributed by atoms with Gasteiger partial charge in [0.05, 0.1) is 17.7 Å². The molecule has 0 radical (unpaired) electrons. The second-order valence-corrected chi connectivity index (χ2v) is 4.90. The molecule has 1 heterocycles. The maximum Gasteiger partial charge on any atom is 0.133 e. The van der Waals surface area contributed by atoms with E-state index in [0.717, 1.165) is 35.2 Å². The molecule has 2 atom stereocenters. The quantitative estimate of drug-likeness (QED) is 0.895. The zero-order chi connectivity index (χ0) is 11.5. The van der Waals surface area contributed by atoms with Crippen molar-refractivity contribution >= 4 is 15.9 Å². The van der Waals surface area contributed by atoms with Crippen LogP contribution in [-0.4, -0.2) is 24.8 Å². The summed E-state index contributed by atoms with van der Waals surface area (Å²) in [5.74, 6) is 0.787. The molecule has 1 saturated heterocycles. The van der Waals surface area contributed by atoms with Crippen LogP contribution in [0.4, 0.5) is 0 Å². The van der Waals surface area contributed by atoms with Crippen LogP contribution in [0, 0.1) is 0 Å². The summed E-state index contributed by atoms with van der Waals surface area (Å²) in [6.07, 6.45) is 1.73. The molecule has 3 nitrogen and oxygen atoms in total. The zero-order valence-electron chi connectivity index (χ0n) is 9.24. The number of aliphatic hydroxyl groups excluding tert-OH is 1. The third-order valence-electron chi connectivity index (χ3n) is 3.00. The topological polar surface area (TPSA) is 41.5 Å². The van der Waals surface area contributed by atoms with E-state index in [0.29, 0.717) is 0 Å². The molecule has 0 saturated carbocycles. The number of aliphatic hydroxyl groups is 1. The number of nitrogens with one attached hydrogen (secondary N) is 1. The second kappa shape index (κ2) is 5.17. The van der Waals surface area contributed by atoms with E-state index >= 15 is 0 Å². The minimum absolute atomic E-state index is 0.181. The Morgan fingerprint density at radius 1 is 1.56 bits per heavy atom. The van der Waals surface area contributed by atoms with Crippen LogP contribution in [0.1, 0.15) is 24.5 Å². The number of benzene rings is 1. The number of ether oxygens (including phenoxy) is 1. The summed E-state index contributed by atoms with van der Waals surface area (Å²) in [6.45, 7) is 0.999. The molecule has 16 heavy (non-hydrogen) atoms. The Bertz CT molecular complexity index is 364. The lowest BCUT2D eigenvalue weighted by Gasteiger charge is -2.19. The van der Waals surface area contributed by atoms with Crippen LogP contribution in [0.5, 0.6) is 5.75 Å². The molecule has 88 valence electrons. The minimum atomic E-state index is -0.440. The van der Waals surface area contributed by atoms with E-state index in [9.17, 15) is 5.11 Å². The van der Waals surface area contributed by atoms with Crippen molar-refractivity contribution in [2.45, 2.75) is 25.0 Å². The Hall–Kier alpha value is -0.580. The molecule has 2 rings (SSSR count). The van der Waals surface area contributed by atoms with Crippen LogP contribution in [0.15, 0.2) is 22.7 Å². The monoisotopic (exact) mass is 285 g/mol. The molecule has 4 heteroatoms. The molecule has 0 aliphatic carbocycles.